The molecule has 3 amide bonds. The molecule has 8 heteroatoms. The first-order chi connectivity index (χ1) is 20.3. The van der Waals surface area contributed by atoms with Crippen LogP contribution < -0.4 is 16.0 Å². The van der Waals surface area contributed by atoms with Gasteiger partial charge in [-0.1, -0.05) is 48.5 Å². The van der Waals surface area contributed by atoms with Crippen LogP contribution in [0.1, 0.15) is 27.0 Å². The third-order valence-corrected chi connectivity index (χ3v) is 7.41. The van der Waals surface area contributed by atoms with Crippen molar-refractivity contribution in [3.63, 3.8) is 0 Å². The zero-order valence-electron chi connectivity index (χ0n) is 23.2. The van der Waals surface area contributed by atoms with Gasteiger partial charge >= 0.3 is 0 Å². The highest BCUT2D eigenvalue weighted by Gasteiger charge is 2.16. The van der Waals surface area contributed by atoms with Crippen molar-refractivity contribution in [3.8, 4) is 0 Å². The minimum absolute atomic E-state index is 0.0967. The number of carbonyl (C=O) groups is 3. The van der Waals surface area contributed by atoms with Crippen LogP contribution in [0.5, 0.6) is 0 Å². The number of para-hydroxylation sites is 1. The third kappa shape index (κ3) is 7.35. The van der Waals surface area contributed by atoms with Crippen LogP contribution in [0.25, 0.3) is 17.0 Å². The molecular weight excluding hydrogens is 544 g/mol. The van der Waals surface area contributed by atoms with E-state index in [0.717, 1.165) is 38.2 Å². The number of nitrogens with one attached hydrogen (secondary N) is 4. The van der Waals surface area contributed by atoms with Crippen LogP contribution in [0.2, 0.25) is 0 Å². The highest BCUT2D eigenvalue weighted by molar-refractivity contribution is 8.00. The summed E-state index contributed by atoms with van der Waals surface area (Å²) in [5.41, 5.74) is 5.70. The maximum Gasteiger partial charge on any atom is 0.272 e. The summed E-state index contributed by atoms with van der Waals surface area (Å²) in [6.07, 6.45) is 3.46. The summed E-state index contributed by atoms with van der Waals surface area (Å²) >= 11 is 1.37. The Labute approximate surface area is 248 Å². The molecule has 42 heavy (non-hydrogen) atoms. The number of anilines is 2. The zero-order valence-corrected chi connectivity index (χ0v) is 24.0. The molecule has 0 saturated heterocycles. The smallest absolute Gasteiger partial charge is 0.272 e. The lowest BCUT2D eigenvalue weighted by molar-refractivity contribution is -0.114. The van der Waals surface area contributed by atoms with Crippen LogP contribution in [0, 0.1) is 13.8 Å². The molecule has 0 fully saturated rings. The van der Waals surface area contributed by atoms with E-state index in [4.69, 9.17) is 0 Å². The highest BCUT2D eigenvalue weighted by Crippen LogP contribution is 2.24. The van der Waals surface area contributed by atoms with Crippen molar-refractivity contribution in [3.05, 3.63) is 131 Å². The van der Waals surface area contributed by atoms with Crippen molar-refractivity contribution in [2.45, 2.75) is 18.7 Å². The number of thioether (sulfide) groups is 1. The fraction of sp³-hybridized carbons (Fsp3) is 0.0882. The van der Waals surface area contributed by atoms with Gasteiger partial charge in [0.15, 0.2) is 0 Å². The third-order valence-electron chi connectivity index (χ3n) is 6.42. The zero-order chi connectivity index (χ0) is 29.5. The number of fused-ring (bicyclic) bond motifs is 1. The van der Waals surface area contributed by atoms with Crippen LogP contribution in [0.3, 0.4) is 0 Å². The van der Waals surface area contributed by atoms with Crippen molar-refractivity contribution in [1.82, 2.24) is 10.3 Å². The molecule has 5 rings (SSSR count). The number of hydrogen-bond donors (Lipinski definition) is 4. The van der Waals surface area contributed by atoms with Crippen LogP contribution >= 0.6 is 11.8 Å². The van der Waals surface area contributed by atoms with Crippen LogP contribution in [0.15, 0.2) is 114 Å². The summed E-state index contributed by atoms with van der Waals surface area (Å²) in [5, 5.41) is 9.54. The summed E-state index contributed by atoms with van der Waals surface area (Å²) in [6, 6.07) is 29.6. The minimum Gasteiger partial charge on any atom is -0.361 e. The number of H-pyrrole nitrogens is 1. The second-order valence-corrected chi connectivity index (χ2v) is 10.9. The van der Waals surface area contributed by atoms with Crippen molar-refractivity contribution >= 4 is 57.8 Å². The Morgan fingerprint density at radius 3 is 2.31 bits per heavy atom. The molecule has 0 unspecified atom stereocenters. The molecule has 0 bridgehead atoms. The normalized spacial score (nSPS) is 11.2. The summed E-state index contributed by atoms with van der Waals surface area (Å²) in [5.74, 6) is -0.772. The standard InChI is InChI=1S/C34H30N4O3S/c1-22-15-23(2)17-27(16-22)36-32(39)21-42-28-12-8-11-26(19-28)37-34(41)31(38-33(40)24-9-4-3-5-10-24)18-25-20-35-30-14-7-6-13-29(25)30/h3-20,35H,21H2,1-2H3,(H,36,39)(H,37,41)(H,38,40)/b31-18-. The van der Waals surface area contributed by atoms with Gasteiger partial charge in [-0.15, -0.1) is 11.8 Å². The van der Waals surface area contributed by atoms with E-state index in [1.807, 2.05) is 68.4 Å². The second-order valence-electron chi connectivity index (χ2n) is 9.86. The molecule has 210 valence electrons. The van der Waals surface area contributed by atoms with E-state index in [2.05, 4.69) is 27.0 Å². The van der Waals surface area contributed by atoms with Gasteiger partial charge in [0.2, 0.25) is 5.91 Å². The number of aromatic nitrogens is 1. The van der Waals surface area contributed by atoms with Gasteiger partial charge in [0.1, 0.15) is 5.70 Å². The van der Waals surface area contributed by atoms with Gasteiger partial charge in [-0.25, -0.2) is 0 Å². The predicted octanol–water partition coefficient (Wildman–Crippen LogP) is 6.93. The molecule has 0 aliphatic carbocycles. The lowest BCUT2D eigenvalue weighted by atomic mass is 10.1. The van der Waals surface area contributed by atoms with Crippen LogP contribution in [-0.2, 0) is 9.59 Å². The summed E-state index contributed by atoms with van der Waals surface area (Å²) in [6.45, 7) is 3.98. The van der Waals surface area contributed by atoms with Gasteiger partial charge in [-0.05, 0) is 79.6 Å². The Bertz CT molecular complexity index is 1770. The fourth-order valence-electron chi connectivity index (χ4n) is 4.57. The minimum atomic E-state index is -0.473. The molecule has 5 aromatic rings. The summed E-state index contributed by atoms with van der Waals surface area (Å²) in [7, 11) is 0. The molecule has 0 spiro atoms. The second kappa shape index (κ2) is 13.1. The molecular formula is C34H30N4O3S. The molecule has 1 heterocycles. The molecule has 4 aromatic carbocycles. The van der Waals surface area contributed by atoms with E-state index in [-0.39, 0.29) is 17.4 Å². The summed E-state index contributed by atoms with van der Waals surface area (Å²) < 4.78 is 0. The van der Waals surface area contributed by atoms with E-state index in [9.17, 15) is 14.4 Å². The number of carbonyl (C=O) groups excluding carboxylic acids is 3. The Kier molecular flexibility index (Phi) is 8.84. The number of benzene rings is 4. The average Bonchev–Trinajstić information content (AvgIpc) is 3.38. The van der Waals surface area contributed by atoms with E-state index in [0.29, 0.717) is 11.3 Å². The molecule has 1 aromatic heterocycles. The predicted molar refractivity (Wildman–Crippen MR) is 171 cm³/mol. The Balaban J connectivity index is 1.30. The van der Waals surface area contributed by atoms with Gasteiger partial charge in [-0.2, -0.15) is 0 Å². The van der Waals surface area contributed by atoms with E-state index < -0.39 is 11.8 Å². The molecule has 4 N–H and O–H groups in total. The van der Waals surface area contributed by atoms with Crippen molar-refractivity contribution < 1.29 is 14.4 Å². The van der Waals surface area contributed by atoms with E-state index >= 15 is 0 Å². The van der Waals surface area contributed by atoms with Gasteiger partial charge in [0, 0.05) is 44.5 Å². The van der Waals surface area contributed by atoms with E-state index in [1.54, 1.807) is 48.7 Å². The van der Waals surface area contributed by atoms with Gasteiger partial charge in [0.05, 0.1) is 5.75 Å². The molecule has 0 radical (unpaired) electrons. The van der Waals surface area contributed by atoms with Crippen LogP contribution in [-0.4, -0.2) is 28.5 Å². The van der Waals surface area contributed by atoms with Gasteiger partial charge < -0.3 is 20.9 Å². The Morgan fingerprint density at radius 2 is 1.52 bits per heavy atom. The number of rotatable bonds is 9. The lowest BCUT2D eigenvalue weighted by Gasteiger charge is -2.12. The molecule has 0 aliphatic heterocycles. The first-order valence-corrected chi connectivity index (χ1v) is 14.4. The number of aryl methyl sites for hydroxylation is 2. The number of aromatic amines is 1. The highest BCUT2D eigenvalue weighted by atomic mass is 32.2. The van der Waals surface area contributed by atoms with Gasteiger partial charge in [-0.3, -0.25) is 14.4 Å². The molecule has 7 nitrogen and oxygen atoms in total. The molecule has 0 aliphatic rings. The van der Waals surface area contributed by atoms with Gasteiger partial charge in [0.25, 0.3) is 11.8 Å². The first kappa shape index (κ1) is 28.4. The maximum atomic E-state index is 13.5. The van der Waals surface area contributed by atoms with E-state index in [1.165, 1.54) is 11.8 Å². The topological polar surface area (TPSA) is 103 Å². The lowest BCUT2D eigenvalue weighted by Crippen LogP contribution is -2.30. The van der Waals surface area contributed by atoms with Crippen molar-refractivity contribution in [1.29, 1.82) is 0 Å². The molecule has 0 saturated carbocycles. The van der Waals surface area contributed by atoms with Crippen LogP contribution in [0.4, 0.5) is 11.4 Å². The summed E-state index contributed by atoms with van der Waals surface area (Å²) in [4.78, 5) is 43.1. The van der Waals surface area contributed by atoms with Crippen molar-refractivity contribution in [2.75, 3.05) is 16.4 Å². The molecule has 0 atom stereocenters. The van der Waals surface area contributed by atoms with Crippen molar-refractivity contribution in [2.24, 2.45) is 0 Å². The Morgan fingerprint density at radius 1 is 0.786 bits per heavy atom. The maximum absolute atomic E-state index is 13.5. The average molecular weight is 575 g/mol. The largest absolute Gasteiger partial charge is 0.361 e. The first-order valence-electron chi connectivity index (χ1n) is 13.4. The SMILES string of the molecule is Cc1cc(C)cc(NC(=O)CSc2cccc(NC(=O)/C(=C/c3c[nH]c4ccccc34)NC(=O)c3ccccc3)c2)c1. The Hall–Kier alpha value is -5.08. The fourth-order valence-corrected chi connectivity index (χ4v) is 5.32. The monoisotopic (exact) mass is 574 g/mol. The number of hydrogen-bond acceptors (Lipinski definition) is 4. The quantitative estimate of drug-likeness (QED) is 0.113. The number of amides is 3.